The summed E-state index contributed by atoms with van der Waals surface area (Å²) in [6.45, 7) is 12.7. The molecule has 1 fully saturated rings. The van der Waals surface area contributed by atoms with Gasteiger partial charge in [0.05, 0.1) is 31.1 Å². The van der Waals surface area contributed by atoms with Gasteiger partial charge in [0.15, 0.2) is 17.3 Å². The molecule has 0 atom stereocenters. The van der Waals surface area contributed by atoms with Crippen molar-refractivity contribution in [2.24, 2.45) is 0 Å². The Labute approximate surface area is 282 Å². The van der Waals surface area contributed by atoms with E-state index < -0.39 is 18.5 Å². The smallest absolute Gasteiger partial charge is 0.389 e. The number of amides is 1. The molecular formula is C32H44F3N9O5. The lowest BCUT2D eigenvalue weighted by Crippen LogP contribution is -2.51. The van der Waals surface area contributed by atoms with Gasteiger partial charge in [0, 0.05) is 32.6 Å². The number of carbonyl (C=O) groups excluding carboxylic acids is 2. The third-order valence-corrected chi connectivity index (χ3v) is 7.90. The van der Waals surface area contributed by atoms with Crippen molar-refractivity contribution in [1.29, 1.82) is 0 Å². The van der Waals surface area contributed by atoms with E-state index in [1.807, 2.05) is 17.9 Å². The molecule has 17 heteroatoms. The Hall–Kier alpha value is -4.64. The maximum atomic E-state index is 13.7. The van der Waals surface area contributed by atoms with Crippen LogP contribution in [0.25, 0.3) is 11.4 Å². The van der Waals surface area contributed by atoms with Gasteiger partial charge in [-0.3, -0.25) is 9.59 Å². The van der Waals surface area contributed by atoms with Crippen molar-refractivity contribution in [3.8, 4) is 5.75 Å². The topological polar surface area (TPSA) is 160 Å². The van der Waals surface area contributed by atoms with Crippen LogP contribution in [0.1, 0.15) is 60.3 Å². The normalized spacial score (nSPS) is 14.8. The summed E-state index contributed by atoms with van der Waals surface area (Å²) in [6, 6.07) is 0. The second-order valence-corrected chi connectivity index (χ2v) is 11.0. The molecule has 0 saturated carbocycles. The van der Waals surface area contributed by atoms with E-state index in [9.17, 15) is 32.7 Å². The Morgan fingerprint density at radius 3 is 2.47 bits per heavy atom. The van der Waals surface area contributed by atoms with Crippen LogP contribution in [0.5, 0.6) is 5.75 Å². The van der Waals surface area contributed by atoms with E-state index in [0.717, 1.165) is 11.9 Å². The zero-order valence-electron chi connectivity index (χ0n) is 28.1. The van der Waals surface area contributed by atoms with E-state index in [4.69, 9.17) is 4.74 Å². The predicted octanol–water partition coefficient (Wildman–Crippen LogP) is 2.96. The lowest BCUT2D eigenvalue weighted by molar-refractivity contribution is -0.135. The number of halogens is 3. The minimum Gasteiger partial charge on any atom is -0.504 e. The fourth-order valence-corrected chi connectivity index (χ4v) is 5.43. The van der Waals surface area contributed by atoms with Crippen LogP contribution in [0, 0.1) is 6.92 Å². The number of carbonyl (C=O) groups is 2. The first-order valence-corrected chi connectivity index (χ1v) is 16.0. The second-order valence-electron chi connectivity index (χ2n) is 11.0. The van der Waals surface area contributed by atoms with Gasteiger partial charge in [0.25, 0.3) is 11.5 Å². The molecule has 5 heterocycles. The summed E-state index contributed by atoms with van der Waals surface area (Å²) in [4.78, 5) is 54.3. The van der Waals surface area contributed by atoms with Crippen LogP contribution >= 0.6 is 0 Å². The number of hydrogen-bond acceptors (Lipinski definition) is 11. The summed E-state index contributed by atoms with van der Waals surface area (Å²) >= 11 is 0. The van der Waals surface area contributed by atoms with Gasteiger partial charge in [0.1, 0.15) is 18.3 Å². The molecule has 3 aromatic heterocycles. The summed E-state index contributed by atoms with van der Waals surface area (Å²) < 4.78 is 42.8. The third kappa shape index (κ3) is 9.72. The number of alkyl halides is 3. The summed E-state index contributed by atoms with van der Waals surface area (Å²) in [5.74, 6) is 0.156. The first kappa shape index (κ1) is 38.8. The SMILES string of the molecule is C=C.CCc1c(N2CCN(C(=O)c3ncnc(C)c3O)CC2)c(=O)n2nc(C3=CCOCC3)nc2n1CC=O.CNCCCCC(F)(F)F. The number of nitrogens with zero attached hydrogens (tertiary/aromatic N) is 8. The molecule has 2 aliphatic heterocycles. The van der Waals surface area contributed by atoms with Crippen molar-refractivity contribution in [3.05, 3.63) is 58.8 Å². The van der Waals surface area contributed by atoms with Gasteiger partial charge in [0.2, 0.25) is 5.78 Å². The van der Waals surface area contributed by atoms with Gasteiger partial charge < -0.3 is 34.3 Å². The Bertz CT molecular complexity index is 1660. The molecule has 2 N–H and O–H groups in total. The molecule has 0 aliphatic carbocycles. The highest BCUT2D eigenvalue weighted by molar-refractivity contribution is 5.95. The van der Waals surface area contributed by atoms with Gasteiger partial charge in [-0.25, -0.2) is 9.97 Å². The highest BCUT2D eigenvalue weighted by atomic mass is 19.4. The standard InChI is InChI=1S/C24H28N8O5.C6H12F3N.C2H4/c1-3-17-19(29-6-8-30(9-7-29)22(35)18-20(34)15(2)25-14-26-18)23(36)32-24(31(17)10-11-33)27-21(28-32)16-4-12-37-13-5-16;1-10-5-3-2-4-6(7,8)9;1-2/h4,11,14,34H,3,5-10,12-13H2,1-2H3;10H,2-5H2,1H3;1-2H2. The number of anilines is 1. The van der Waals surface area contributed by atoms with Crippen LogP contribution in [-0.2, 0) is 22.5 Å². The summed E-state index contributed by atoms with van der Waals surface area (Å²) in [5, 5.41) is 17.5. The van der Waals surface area contributed by atoms with E-state index in [1.54, 1.807) is 23.4 Å². The van der Waals surface area contributed by atoms with Gasteiger partial charge in [-0.15, -0.1) is 18.3 Å². The minimum atomic E-state index is -3.98. The predicted molar refractivity (Wildman–Crippen MR) is 178 cm³/mol. The number of aldehydes is 1. The van der Waals surface area contributed by atoms with E-state index >= 15 is 0 Å². The summed E-state index contributed by atoms with van der Waals surface area (Å²) in [6.07, 6.45) is 1.26. The van der Waals surface area contributed by atoms with Crippen LogP contribution in [0.4, 0.5) is 18.9 Å². The highest BCUT2D eigenvalue weighted by Gasteiger charge is 2.30. The summed E-state index contributed by atoms with van der Waals surface area (Å²) in [5.41, 5.74) is 2.02. The van der Waals surface area contributed by atoms with Gasteiger partial charge in [-0.05, 0) is 51.8 Å². The zero-order valence-corrected chi connectivity index (χ0v) is 28.1. The molecule has 0 bridgehead atoms. The number of aromatic nitrogens is 6. The molecule has 49 heavy (non-hydrogen) atoms. The maximum absolute atomic E-state index is 13.7. The molecule has 3 aromatic rings. The van der Waals surface area contributed by atoms with E-state index in [0.29, 0.717) is 93.9 Å². The largest absolute Gasteiger partial charge is 0.504 e. The first-order valence-electron chi connectivity index (χ1n) is 16.0. The van der Waals surface area contributed by atoms with Gasteiger partial charge in [-0.2, -0.15) is 22.7 Å². The quantitative estimate of drug-likeness (QED) is 0.183. The number of rotatable bonds is 10. The van der Waals surface area contributed by atoms with Crippen molar-refractivity contribution in [1.82, 2.24) is 39.3 Å². The van der Waals surface area contributed by atoms with Crippen LogP contribution in [0.2, 0.25) is 0 Å². The van der Waals surface area contributed by atoms with Crippen molar-refractivity contribution in [3.63, 3.8) is 0 Å². The van der Waals surface area contributed by atoms with Crippen molar-refractivity contribution < 1.29 is 32.6 Å². The number of ether oxygens (including phenoxy) is 1. The van der Waals surface area contributed by atoms with Crippen LogP contribution in [0.15, 0.2) is 30.4 Å². The molecule has 0 unspecified atom stereocenters. The zero-order chi connectivity index (χ0) is 36.1. The van der Waals surface area contributed by atoms with Gasteiger partial charge >= 0.3 is 6.18 Å². The highest BCUT2D eigenvalue weighted by Crippen LogP contribution is 2.25. The number of aryl methyl sites for hydroxylation is 1. The number of aromatic hydroxyl groups is 1. The van der Waals surface area contributed by atoms with Gasteiger partial charge in [-0.1, -0.05) is 13.0 Å². The van der Waals surface area contributed by atoms with E-state index in [2.05, 4.69) is 38.5 Å². The van der Waals surface area contributed by atoms with Crippen molar-refractivity contribution in [2.45, 2.75) is 58.7 Å². The number of fused-ring (bicyclic) bond motifs is 1. The molecule has 2 aliphatic rings. The Morgan fingerprint density at radius 2 is 1.88 bits per heavy atom. The average molecular weight is 692 g/mol. The fraction of sp³-hybridized carbons (Fsp3) is 0.531. The summed E-state index contributed by atoms with van der Waals surface area (Å²) in [7, 11) is 1.73. The molecule has 0 aromatic carbocycles. The Morgan fingerprint density at radius 1 is 1.16 bits per heavy atom. The molecule has 14 nitrogen and oxygen atoms in total. The first-order chi connectivity index (χ1) is 23.5. The monoisotopic (exact) mass is 691 g/mol. The maximum Gasteiger partial charge on any atom is 0.389 e. The molecule has 0 spiro atoms. The fourth-order valence-electron chi connectivity index (χ4n) is 5.43. The number of piperazine rings is 1. The molecular weight excluding hydrogens is 647 g/mol. The lowest BCUT2D eigenvalue weighted by Gasteiger charge is -2.36. The second kappa shape index (κ2) is 18.2. The van der Waals surface area contributed by atoms with E-state index in [1.165, 1.54) is 10.8 Å². The Balaban J connectivity index is 0.000000468. The van der Waals surface area contributed by atoms with Crippen LogP contribution in [-0.4, -0.2) is 110 Å². The van der Waals surface area contributed by atoms with Crippen LogP contribution < -0.4 is 15.8 Å². The minimum absolute atomic E-state index is 0.0328. The van der Waals surface area contributed by atoms with E-state index in [-0.39, 0.29) is 30.0 Å². The molecule has 1 amide bonds. The average Bonchev–Trinajstić information content (AvgIpc) is 3.56. The lowest BCUT2D eigenvalue weighted by atomic mass is 10.1. The number of unbranched alkanes of at least 4 members (excludes halogenated alkanes) is 1. The molecule has 5 rings (SSSR count). The molecule has 1 saturated heterocycles. The van der Waals surface area contributed by atoms with Crippen molar-refractivity contribution in [2.75, 3.05) is 57.9 Å². The third-order valence-electron chi connectivity index (χ3n) is 7.90. The molecule has 0 radical (unpaired) electrons. The molecule has 268 valence electrons. The Kier molecular flexibility index (Phi) is 14.4. The van der Waals surface area contributed by atoms with Crippen molar-refractivity contribution >= 4 is 29.2 Å². The number of nitrogens with one attached hydrogen (secondary N) is 1. The number of hydrogen-bond donors (Lipinski definition) is 2. The van der Waals surface area contributed by atoms with Crippen LogP contribution in [0.3, 0.4) is 0 Å².